The number of nitrogens with one attached hydrogen (secondary N) is 1. The molecule has 8 nitrogen and oxygen atoms in total. The molecule has 1 aliphatic heterocycles. The molecule has 1 aliphatic rings. The van der Waals surface area contributed by atoms with Crippen molar-refractivity contribution in [2.75, 3.05) is 25.1 Å². The van der Waals surface area contributed by atoms with Crippen molar-refractivity contribution in [1.82, 2.24) is 25.5 Å². The van der Waals surface area contributed by atoms with Gasteiger partial charge in [-0.3, -0.25) is 4.79 Å². The van der Waals surface area contributed by atoms with Crippen LogP contribution in [-0.4, -0.2) is 52.4 Å². The van der Waals surface area contributed by atoms with Gasteiger partial charge in [-0.05, 0) is 65.7 Å². The zero-order valence-corrected chi connectivity index (χ0v) is 16.7. The fourth-order valence-corrected chi connectivity index (χ4v) is 3.67. The van der Waals surface area contributed by atoms with Crippen LogP contribution in [0.2, 0.25) is 5.02 Å². The highest BCUT2D eigenvalue weighted by atomic mass is 35.5. The lowest BCUT2D eigenvalue weighted by molar-refractivity contribution is 0.0931. The number of benzene rings is 2. The fourth-order valence-electron chi connectivity index (χ4n) is 3.50. The number of piperidine rings is 1. The Morgan fingerprint density at radius 3 is 2.59 bits per heavy atom. The van der Waals surface area contributed by atoms with Gasteiger partial charge in [-0.1, -0.05) is 11.6 Å². The van der Waals surface area contributed by atoms with Crippen LogP contribution in [0.15, 0.2) is 48.8 Å². The van der Waals surface area contributed by atoms with E-state index in [2.05, 4.69) is 37.9 Å². The third-order valence-corrected chi connectivity index (χ3v) is 5.30. The maximum atomic E-state index is 12.9. The summed E-state index contributed by atoms with van der Waals surface area (Å²) in [5, 5.41) is 14.8. The average molecular weight is 413 g/mol. The number of anilines is 1. The van der Waals surface area contributed by atoms with Crippen LogP contribution in [0.3, 0.4) is 0 Å². The molecule has 9 heteroatoms. The smallest absolute Gasteiger partial charge is 0.253 e. The summed E-state index contributed by atoms with van der Waals surface area (Å²) >= 11 is 6.12. The molecule has 29 heavy (non-hydrogen) atoms. The Kier molecular flexibility index (Phi) is 5.62. The van der Waals surface area contributed by atoms with Gasteiger partial charge in [0.15, 0.2) is 0 Å². The second-order valence-corrected chi connectivity index (χ2v) is 7.29. The predicted molar refractivity (Wildman–Crippen MR) is 110 cm³/mol. The SMILES string of the molecule is COc1ccc(N2CCC(NC(=O)c3cc(Cl)ccc3-n3cnnn3)CC2)cc1. The summed E-state index contributed by atoms with van der Waals surface area (Å²) in [7, 11) is 1.66. The van der Waals surface area contributed by atoms with Gasteiger partial charge in [0.25, 0.3) is 5.91 Å². The number of aromatic nitrogens is 4. The molecule has 0 atom stereocenters. The van der Waals surface area contributed by atoms with Crippen molar-refractivity contribution in [3.63, 3.8) is 0 Å². The molecule has 0 spiro atoms. The minimum Gasteiger partial charge on any atom is -0.497 e. The molecule has 0 aliphatic carbocycles. The summed E-state index contributed by atoms with van der Waals surface area (Å²) < 4.78 is 6.67. The number of hydrogen-bond donors (Lipinski definition) is 1. The topological polar surface area (TPSA) is 85.2 Å². The Morgan fingerprint density at radius 2 is 1.93 bits per heavy atom. The van der Waals surface area contributed by atoms with Crippen LogP contribution in [0.4, 0.5) is 5.69 Å². The van der Waals surface area contributed by atoms with Gasteiger partial charge < -0.3 is 15.0 Å². The summed E-state index contributed by atoms with van der Waals surface area (Å²) in [6, 6.07) is 13.2. The molecule has 0 saturated carbocycles. The summed E-state index contributed by atoms with van der Waals surface area (Å²) in [6.07, 6.45) is 3.17. The number of methoxy groups -OCH3 is 1. The Morgan fingerprint density at radius 1 is 1.17 bits per heavy atom. The number of tetrazole rings is 1. The van der Waals surface area contributed by atoms with E-state index >= 15 is 0 Å². The van der Waals surface area contributed by atoms with Crippen LogP contribution < -0.4 is 15.0 Å². The first-order valence-corrected chi connectivity index (χ1v) is 9.74. The number of hydrogen-bond acceptors (Lipinski definition) is 6. The number of rotatable bonds is 5. The van der Waals surface area contributed by atoms with Gasteiger partial charge in [0.2, 0.25) is 0 Å². The molecule has 1 N–H and O–H groups in total. The van der Waals surface area contributed by atoms with E-state index in [9.17, 15) is 4.79 Å². The lowest BCUT2D eigenvalue weighted by Gasteiger charge is -2.34. The van der Waals surface area contributed by atoms with Crippen LogP contribution in [0, 0.1) is 0 Å². The van der Waals surface area contributed by atoms with Crippen LogP contribution in [0.25, 0.3) is 5.69 Å². The number of carbonyl (C=O) groups excluding carboxylic acids is 1. The van der Waals surface area contributed by atoms with Crippen molar-refractivity contribution in [3.8, 4) is 11.4 Å². The molecule has 1 aromatic heterocycles. The predicted octanol–water partition coefficient (Wildman–Crippen LogP) is 2.72. The van der Waals surface area contributed by atoms with E-state index in [1.54, 1.807) is 25.3 Å². The standard InChI is InChI=1S/C20H21ClN6O2/c1-29-17-5-3-16(4-6-17)26-10-8-15(9-11-26)23-20(28)18-12-14(21)2-7-19(18)27-13-22-24-25-27/h2-7,12-13,15H,8-11H2,1H3,(H,23,28). The molecule has 1 amide bonds. The molecular weight excluding hydrogens is 392 g/mol. The first kappa shape index (κ1) is 19.2. The number of amides is 1. The summed E-state index contributed by atoms with van der Waals surface area (Å²) in [4.78, 5) is 15.2. The van der Waals surface area contributed by atoms with Gasteiger partial charge in [0, 0.05) is 29.8 Å². The quantitative estimate of drug-likeness (QED) is 0.693. The van der Waals surface area contributed by atoms with Gasteiger partial charge in [0.05, 0.1) is 18.4 Å². The highest BCUT2D eigenvalue weighted by molar-refractivity contribution is 6.31. The molecule has 2 heterocycles. The largest absolute Gasteiger partial charge is 0.497 e. The highest BCUT2D eigenvalue weighted by Gasteiger charge is 2.23. The molecule has 4 rings (SSSR count). The average Bonchev–Trinajstić information content (AvgIpc) is 3.29. The van der Waals surface area contributed by atoms with Crippen LogP contribution in [-0.2, 0) is 0 Å². The molecule has 0 bridgehead atoms. The lowest BCUT2D eigenvalue weighted by atomic mass is 10.0. The van der Waals surface area contributed by atoms with Gasteiger partial charge in [-0.2, -0.15) is 4.68 Å². The first-order valence-electron chi connectivity index (χ1n) is 9.37. The number of nitrogens with zero attached hydrogens (tertiary/aromatic N) is 5. The minimum absolute atomic E-state index is 0.0951. The van der Waals surface area contributed by atoms with E-state index in [0.717, 1.165) is 37.4 Å². The molecule has 1 fully saturated rings. The van der Waals surface area contributed by atoms with Crippen molar-refractivity contribution in [3.05, 3.63) is 59.4 Å². The van der Waals surface area contributed by atoms with E-state index in [-0.39, 0.29) is 11.9 Å². The maximum Gasteiger partial charge on any atom is 0.253 e. The summed E-state index contributed by atoms with van der Waals surface area (Å²) in [5.41, 5.74) is 2.20. The second-order valence-electron chi connectivity index (χ2n) is 6.85. The lowest BCUT2D eigenvalue weighted by Crippen LogP contribution is -2.44. The second kappa shape index (κ2) is 8.48. The number of ether oxygens (including phenoxy) is 1. The zero-order chi connectivity index (χ0) is 20.2. The Labute approximate surface area is 173 Å². The van der Waals surface area contributed by atoms with Crippen molar-refractivity contribution >= 4 is 23.2 Å². The van der Waals surface area contributed by atoms with Crippen LogP contribution >= 0.6 is 11.6 Å². The van der Waals surface area contributed by atoms with E-state index < -0.39 is 0 Å². The van der Waals surface area contributed by atoms with Gasteiger partial charge in [-0.25, -0.2) is 0 Å². The molecule has 1 saturated heterocycles. The molecule has 0 unspecified atom stereocenters. The number of halogens is 1. The number of carbonyl (C=O) groups is 1. The van der Waals surface area contributed by atoms with Crippen LogP contribution in [0.5, 0.6) is 5.75 Å². The minimum atomic E-state index is -0.180. The normalized spacial score (nSPS) is 14.6. The first-order chi connectivity index (χ1) is 14.1. The molecule has 0 radical (unpaired) electrons. The molecule has 2 aromatic carbocycles. The summed E-state index contributed by atoms with van der Waals surface area (Å²) in [6.45, 7) is 1.74. The molecule has 150 valence electrons. The third kappa shape index (κ3) is 4.32. The highest BCUT2D eigenvalue weighted by Crippen LogP contribution is 2.24. The molecular formula is C20H21ClN6O2. The Balaban J connectivity index is 1.41. The van der Waals surface area contributed by atoms with E-state index in [0.29, 0.717) is 16.3 Å². The monoisotopic (exact) mass is 412 g/mol. The Bertz CT molecular complexity index is 969. The van der Waals surface area contributed by atoms with Crippen molar-refractivity contribution in [2.24, 2.45) is 0 Å². The van der Waals surface area contributed by atoms with Crippen LogP contribution in [0.1, 0.15) is 23.2 Å². The van der Waals surface area contributed by atoms with Gasteiger partial charge in [-0.15, -0.1) is 5.10 Å². The zero-order valence-electron chi connectivity index (χ0n) is 16.0. The maximum absolute atomic E-state index is 12.9. The van der Waals surface area contributed by atoms with Crippen molar-refractivity contribution in [1.29, 1.82) is 0 Å². The van der Waals surface area contributed by atoms with E-state index in [4.69, 9.17) is 16.3 Å². The third-order valence-electron chi connectivity index (χ3n) is 5.07. The fraction of sp³-hybridized carbons (Fsp3) is 0.300. The van der Waals surface area contributed by atoms with Gasteiger partial charge in [0.1, 0.15) is 12.1 Å². The van der Waals surface area contributed by atoms with Crippen molar-refractivity contribution in [2.45, 2.75) is 18.9 Å². The summed E-state index contributed by atoms with van der Waals surface area (Å²) in [5.74, 6) is 0.664. The Hall–Kier alpha value is -3.13. The van der Waals surface area contributed by atoms with E-state index in [1.165, 1.54) is 11.0 Å². The van der Waals surface area contributed by atoms with Crippen molar-refractivity contribution < 1.29 is 9.53 Å². The van der Waals surface area contributed by atoms with Gasteiger partial charge >= 0.3 is 0 Å². The molecule has 3 aromatic rings. The van der Waals surface area contributed by atoms with E-state index in [1.807, 2.05) is 12.1 Å².